The minimum absolute atomic E-state index is 0.0472. The van der Waals surface area contributed by atoms with E-state index in [1.165, 1.54) is 0 Å². The summed E-state index contributed by atoms with van der Waals surface area (Å²) in [4.78, 5) is 13.4. The largest absolute Gasteiger partial charge is 0.488 e. The number of fused-ring (bicyclic) bond motifs is 1. The molecular formula is C14H9BrO2S. The Labute approximate surface area is 117 Å². The van der Waals surface area contributed by atoms with Crippen LogP contribution in [0.15, 0.2) is 45.8 Å². The van der Waals surface area contributed by atoms with E-state index in [4.69, 9.17) is 4.74 Å². The van der Waals surface area contributed by atoms with E-state index >= 15 is 0 Å². The number of hydrogen-bond acceptors (Lipinski definition) is 3. The molecule has 0 amide bonds. The molecule has 0 bridgehead atoms. The highest BCUT2D eigenvalue weighted by Gasteiger charge is 2.23. The van der Waals surface area contributed by atoms with Gasteiger partial charge in [0.05, 0.1) is 5.56 Å². The maximum atomic E-state index is 12.3. The smallest absolute Gasteiger partial charge is 0.196 e. The molecule has 2 aromatic rings. The first-order chi connectivity index (χ1) is 8.74. The maximum absolute atomic E-state index is 12.3. The van der Waals surface area contributed by atoms with Gasteiger partial charge in [0.25, 0.3) is 0 Å². The number of rotatable bonds is 1. The Kier molecular flexibility index (Phi) is 3.06. The van der Waals surface area contributed by atoms with Gasteiger partial charge in [-0.25, -0.2) is 0 Å². The van der Waals surface area contributed by atoms with E-state index in [1.54, 1.807) is 17.4 Å². The Hall–Kier alpha value is -1.39. The SMILES string of the molecule is O=C1/C(=C/c2cccs2)COc2ccc(Br)cc21. The summed E-state index contributed by atoms with van der Waals surface area (Å²) >= 11 is 4.98. The van der Waals surface area contributed by atoms with Crippen LogP contribution in [0.5, 0.6) is 5.75 Å². The Bertz CT molecular complexity index is 629. The van der Waals surface area contributed by atoms with Crippen LogP contribution >= 0.6 is 27.3 Å². The van der Waals surface area contributed by atoms with E-state index in [0.29, 0.717) is 23.5 Å². The molecule has 3 rings (SSSR count). The molecule has 0 atom stereocenters. The molecule has 0 radical (unpaired) electrons. The van der Waals surface area contributed by atoms with Crippen LogP contribution in [0.2, 0.25) is 0 Å². The van der Waals surface area contributed by atoms with Crippen LogP contribution in [0.4, 0.5) is 0 Å². The topological polar surface area (TPSA) is 26.3 Å². The first kappa shape index (κ1) is 11.7. The zero-order valence-electron chi connectivity index (χ0n) is 9.35. The number of hydrogen-bond donors (Lipinski definition) is 0. The Balaban J connectivity index is 2.01. The first-order valence-electron chi connectivity index (χ1n) is 5.45. The summed E-state index contributed by atoms with van der Waals surface area (Å²) < 4.78 is 6.49. The van der Waals surface area contributed by atoms with Crippen molar-refractivity contribution in [2.24, 2.45) is 0 Å². The van der Waals surface area contributed by atoms with Gasteiger partial charge in [0.1, 0.15) is 12.4 Å². The van der Waals surface area contributed by atoms with Crippen molar-refractivity contribution in [2.75, 3.05) is 6.61 Å². The summed E-state index contributed by atoms with van der Waals surface area (Å²) in [5.41, 5.74) is 1.32. The number of carbonyl (C=O) groups excluding carboxylic acids is 1. The van der Waals surface area contributed by atoms with Crippen LogP contribution in [-0.4, -0.2) is 12.4 Å². The molecule has 0 fully saturated rings. The molecular weight excluding hydrogens is 312 g/mol. The average Bonchev–Trinajstić information content (AvgIpc) is 2.86. The molecule has 0 saturated heterocycles. The second-order valence-corrected chi connectivity index (χ2v) is 5.84. The van der Waals surface area contributed by atoms with E-state index in [2.05, 4.69) is 15.9 Å². The molecule has 0 N–H and O–H groups in total. The van der Waals surface area contributed by atoms with Gasteiger partial charge < -0.3 is 4.74 Å². The number of Topliss-reactive ketones (excluding diaryl/α,β-unsaturated/α-hetero) is 1. The van der Waals surface area contributed by atoms with Crippen molar-refractivity contribution in [1.29, 1.82) is 0 Å². The van der Waals surface area contributed by atoms with Crippen molar-refractivity contribution in [3.63, 3.8) is 0 Å². The summed E-state index contributed by atoms with van der Waals surface area (Å²) in [6.45, 7) is 0.339. The predicted molar refractivity (Wildman–Crippen MR) is 76.3 cm³/mol. The average molecular weight is 321 g/mol. The number of halogens is 1. The predicted octanol–water partition coefficient (Wildman–Crippen LogP) is 4.17. The number of thiophene rings is 1. The second kappa shape index (κ2) is 4.71. The van der Waals surface area contributed by atoms with Gasteiger partial charge in [-0.15, -0.1) is 11.3 Å². The lowest BCUT2D eigenvalue weighted by Crippen LogP contribution is -2.18. The van der Waals surface area contributed by atoms with Crippen molar-refractivity contribution in [1.82, 2.24) is 0 Å². The van der Waals surface area contributed by atoms with E-state index in [-0.39, 0.29) is 5.78 Å². The van der Waals surface area contributed by atoms with Gasteiger partial charge in [-0.1, -0.05) is 22.0 Å². The zero-order chi connectivity index (χ0) is 12.5. The van der Waals surface area contributed by atoms with Crippen LogP contribution in [-0.2, 0) is 0 Å². The van der Waals surface area contributed by atoms with Crippen molar-refractivity contribution >= 4 is 39.1 Å². The Morgan fingerprint density at radius 3 is 3.00 bits per heavy atom. The molecule has 0 aliphatic carbocycles. The van der Waals surface area contributed by atoms with Gasteiger partial charge in [-0.05, 0) is 35.7 Å². The van der Waals surface area contributed by atoms with Crippen molar-refractivity contribution in [3.8, 4) is 5.75 Å². The Morgan fingerprint density at radius 2 is 2.22 bits per heavy atom. The molecule has 0 spiro atoms. The molecule has 2 nitrogen and oxygen atoms in total. The monoisotopic (exact) mass is 320 g/mol. The maximum Gasteiger partial charge on any atom is 0.196 e. The summed E-state index contributed by atoms with van der Waals surface area (Å²) in [7, 11) is 0. The highest BCUT2D eigenvalue weighted by atomic mass is 79.9. The lowest BCUT2D eigenvalue weighted by molar-refractivity contribution is 0.100. The van der Waals surface area contributed by atoms with E-state index in [0.717, 1.165) is 9.35 Å². The fourth-order valence-electron chi connectivity index (χ4n) is 1.85. The normalized spacial score (nSPS) is 16.5. The number of ketones is 1. The lowest BCUT2D eigenvalue weighted by atomic mass is 10.00. The molecule has 0 saturated carbocycles. The first-order valence-corrected chi connectivity index (χ1v) is 7.12. The van der Waals surface area contributed by atoms with Gasteiger partial charge in [0, 0.05) is 14.9 Å². The third-order valence-corrected chi connectivity index (χ3v) is 4.03. The van der Waals surface area contributed by atoms with Crippen LogP contribution in [0.3, 0.4) is 0 Å². The van der Waals surface area contributed by atoms with Gasteiger partial charge >= 0.3 is 0 Å². The molecule has 0 unspecified atom stereocenters. The number of ether oxygens (including phenoxy) is 1. The summed E-state index contributed by atoms with van der Waals surface area (Å²) in [6, 6.07) is 9.45. The van der Waals surface area contributed by atoms with E-state index in [1.807, 2.05) is 35.7 Å². The fraction of sp³-hybridized carbons (Fsp3) is 0.0714. The molecule has 2 heterocycles. The molecule has 1 aromatic carbocycles. The van der Waals surface area contributed by atoms with Gasteiger partial charge in [0.2, 0.25) is 0 Å². The number of carbonyl (C=O) groups is 1. The standard InChI is InChI=1S/C14H9BrO2S/c15-10-3-4-13-12(7-10)14(16)9(8-17-13)6-11-2-1-5-18-11/h1-7H,8H2/b9-6+. The molecule has 4 heteroatoms. The lowest BCUT2D eigenvalue weighted by Gasteiger charge is -2.18. The van der Waals surface area contributed by atoms with Crippen LogP contribution in [0.25, 0.3) is 6.08 Å². The second-order valence-electron chi connectivity index (χ2n) is 3.94. The quantitative estimate of drug-likeness (QED) is 0.737. The summed E-state index contributed by atoms with van der Waals surface area (Å²) in [5.74, 6) is 0.706. The van der Waals surface area contributed by atoms with Gasteiger partial charge in [-0.3, -0.25) is 4.79 Å². The van der Waals surface area contributed by atoms with Gasteiger partial charge in [-0.2, -0.15) is 0 Å². The number of benzene rings is 1. The van der Waals surface area contributed by atoms with Gasteiger partial charge in [0.15, 0.2) is 5.78 Å². The van der Waals surface area contributed by atoms with Crippen LogP contribution in [0.1, 0.15) is 15.2 Å². The molecule has 1 aromatic heterocycles. The Morgan fingerprint density at radius 1 is 1.33 bits per heavy atom. The highest BCUT2D eigenvalue weighted by molar-refractivity contribution is 9.10. The third-order valence-electron chi connectivity index (χ3n) is 2.72. The minimum atomic E-state index is 0.0472. The summed E-state index contributed by atoms with van der Waals surface area (Å²) in [5, 5.41) is 1.99. The van der Waals surface area contributed by atoms with Crippen LogP contribution < -0.4 is 4.74 Å². The van der Waals surface area contributed by atoms with Crippen molar-refractivity contribution < 1.29 is 9.53 Å². The minimum Gasteiger partial charge on any atom is -0.488 e. The third kappa shape index (κ3) is 2.13. The highest BCUT2D eigenvalue weighted by Crippen LogP contribution is 2.30. The summed E-state index contributed by atoms with van der Waals surface area (Å²) in [6.07, 6.45) is 1.90. The van der Waals surface area contributed by atoms with E-state index < -0.39 is 0 Å². The van der Waals surface area contributed by atoms with Crippen molar-refractivity contribution in [2.45, 2.75) is 0 Å². The van der Waals surface area contributed by atoms with E-state index in [9.17, 15) is 4.79 Å². The molecule has 1 aliphatic rings. The molecule has 1 aliphatic heterocycles. The molecule has 90 valence electrons. The molecule has 18 heavy (non-hydrogen) atoms. The van der Waals surface area contributed by atoms with Crippen molar-refractivity contribution in [3.05, 3.63) is 56.2 Å². The van der Waals surface area contributed by atoms with Crippen LogP contribution in [0, 0.1) is 0 Å². The zero-order valence-corrected chi connectivity index (χ0v) is 11.8. The fourth-order valence-corrected chi connectivity index (χ4v) is 2.89.